The average molecular weight is 296 g/mol. The van der Waals surface area contributed by atoms with Crippen LogP contribution in [0.4, 0.5) is 0 Å². The Kier molecular flexibility index (Phi) is 3.38. The zero-order chi connectivity index (χ0) is 14.3. The first kappa shape index (κ1) is 13.7. The Balaban J connectivity index is 1.57. The largest absolute Gasteiger partial charge is 0.479 e. The summed E-state index contributed by atoms with van der Waals surface area (Å²) in [6.07, 6.45) is 1.55. The van der Waals surface area contributed by atoms with E-state index in [1.54, 1.807) is 24.0 Å². The van der Waals surface area contributed by atoms with Crippen LogP contribution in [0.25, 0.3) is 0 Å². The average Bonchev–Trinajstić information content (AvgIpc) is 3.21. The summed E-state index contributed by atoms with van der Waals surface area (Å²) in [6.45, 7) is 2.56. The zero-order valence-corrected chi connectivity index (χ0v) is 12.1. The number of carbonyl (C=O) groups is 1. The van der Waals surface area contributed by atoms with E-state index in [4.69, 9.17) is 16.3 Å². The van der Waals surface area contributed by atoms with Gasteiger partial charge in [-0.25, -0.2) is 0 Å². The third-order valence-corrected chi connectivity index (χ3v) is 4.38. The van der Waals surface area contributed by atoms with E-state index in [9.17, 15) is 9.90 Å². The first-order valence-electron chi connectivity index (χ1n) is 6.92. The fourth-order valence-electron chi connectivity index (χ4n) is 2.69. The van der Waals surface area contributed by atoms with E-state index in [0.717, 1.165) is 12.8 Å². The number of benzene rings is 1. The minimum Gasteiger partial charge on any atom is -0.479 e. The lowest BCUT2D eigenvalue weighted by atomic mass is 9.88. The predicted octanol–water partition coefficient (Wildman–Crippen LogP) is 2.09. The van der Waals surface area contributed by atoms with Crippen molar-refractivity contribution >= 4 is 17.5 Å². The van der Waals surface area contributed by atoms with Gasteiger partial charge in [0.25, 0.3) is 5.91 Å². The number of hydrogen-bond acceptors (Lipinski definition) is 3. The molecule has 1 amide bonds. The summed E-state index contributed by atoms with van der Waals surface area (Å²) in [6, 6.07) is 7.09. The molecule has 0 spiro atoms. The molecule has 0 bridgehead atoms. The van der Waals surface area contributed by atoms with Gasteiger partial charge in [-0.3, -0.25) is 4.79 Å². The van der Waals surface area contributed by atoms with Crippen molar-refractivity contribution in [2.24, 2.45) is 5.92 Å². The third-order valence-electron chi connectivity index (χ3n) is 4.07. The van der Waals surface area contributed by atoms with Gasteiger partial charge < -0.3 is 14.7 Å². The fourth-order valence-corrected chi connectivity index (χ4v) is 2.87. The second kappa shape index (κ2) is 4.93. The molecule has 1 aliphatic carbocycles. The van der Waals surface area contributed by atoms with Gasteiger partial charge in [-0.2, -0.15) is 0 Å². The van der Waals surface area contributed by atoms with E-state index in [1.807, 2.05) is 12.1 Å². The second-order valence-corrected chi connectivity index (χ2v) is 6.17. The summed E-state index contributed by atoms with van der Waals surface area (Å²) < 4.78 is 5.60. The maximum absolute atomic E-state index is 12.2. The van der Waals surface area contributed by atoms with Gasteiger partial charge in [0.2, 0.25) is 0 Å². The quantitative estimate of drug-likeness (QED) is 0.925. The van der Waals surface area contributed by atoms with Gasteiger partial charge in [0.15, 0.2) is 6.10 Å². The Morgan fingerprint density at radius 1 is 1.45 bits per heavy atom. The molecule has 108 valence electrons. The highest BCUT2D eigenvalue weighted by atomic mass is 35.5. The zero-order valence-electron chi connectivity index (χ0n) is 11.4. The van der Waals surface area contributed by atoms with Crippen LogP contribution in [-0.2, 0) is 4.79 Å². The van der Waals surface area contributed by atoms with E-state index in [2.05, 4.69) is 0 Å². The van der Waals surface area contributed by atoms with Gasteiger partial charge in [0.05, 0.1) is 18.1 Å². The van der Waals surface area contributed by atoms with E-state index in [0.29, 0.717) is 29.8 Å². The van der Waals surface area contributed by atoms with E-state index >= 15 is 0 Å². The van der Waals surface area contributed by atoms with Crippen molar-refractivity contribution in [1.29, 1.82) is 0 Å². The molecular weight excluding hydrogens is 278 g/mol. The molecule has 20 heavy (non-hydrogen) atoms. The highest BCUT2D eigenvalue weighted by molar-refractivity contribution is 6.32. The number of carbonyl (C=O) groups excluding carboxylic acids is 1. The Hall–Kier alpha value is -1.26. The Morgan fingerprint density at radius 3 is 2.70 bits per heavy atom. The van der Waals surface area contributed by atoms with Gasteiger partial charge in [-0.05, 0) is 37.8 Å². The molecule has 1 saturated carbocycles. The van der Waals surface area contributed by atoms with Crippen molar-refractivity contribution in [3.63, 3.8) is 0 Å². The maximum Gasteiger partial charge on any atom is 0.263 e. The summed E-state index contributed by atoms with van der Waals surface area (Å²) in [5.74, 6) is 0.787. The van der Waals surface area contributed by atoms with Crippen LogP contribution in [0, 0.1) is 5.92 Å². The minimum atomic E-state index is -0.653. The topological polar surface area (TPSA) is 49.8 Å². The van der Waals surface area contributed by atoms with Crippen LogP contribution >= 0.6 is 11.6 Å². The number of ether oxygens (including phenoxy) is 1. The molecular formula is C15H18ClNO3. The third kappa shape index (κ3) is 2.50. The minimum absolute atomic E-state index is 0.102. The first-order chi connectivity index (χ1) is 9.49. The molecule has 1 N–H and O–H groups in total. The number of aliphatic hydroxyl groups is 1. The van der Waals surface area contributed by atoms with Crippen LogP contribution in [0.3, 0.4) is 0 Å². The number of rotatable bonds is 4. The van der Waals surface area contributed by atoms with Gasteiger partial charge in [-0.15, -0.1) is 0 Å². The summed E-state index contributed by atoms with van der Waals surface area (Å²) in [5, 5.41) is 10.7. The van der Waals surface area contributed by atoms with Crippen LogP contribution in [0.1, 0.15) is 19.8 Å². The monoisotopic (exact) mass is 295 g/mol. The first-order valence-corrected chi connectivity index (χ1v) is 7.30. The molecule has 2 aliphatic rings. The summed E-state index contributed by atoms with van der Waals surface area (Å²) in [7, 11) is 0. The van der Waals surface area contributed by atoms with Crippen LogP contribution in [0.15, 0.2) is 24.3 Å². The van der Waals surface area contributed by atoms with Crippen LogP contribution in [-0.4, -0.2) is 40.7 Å². The normalized spacial score (nSPS) is 22.1. The van der Waals surface area contributed by atoms with Gasteiger partial charge in [0.1, 0.15) is 11.4 Å². The summed E-state index contributed by atoms with van der Waals surface area (Å²) in [5.41, 5.74) is -0.653. The number of halogens is 1. The summed E-state index contributed by atoms with van der Waals surface area (Å²) in [4.78, 5) is 13.9. The standard InChI is InChI=1S/C15H18ClNO3/c1-10(20-13-5-3-2-4-12(13)16)14(18)17-8-15(19,9-17)11-6-7-11/h2-5,10-11,19H,6-9H2,1H3. The lowest BCUT2D eigenvalue weighted by molar-refractivity contribution is -0.165. The number of para-hydroxylation sites is 1. The van der Waals surface area contributed by atoms with Gasteiger partial charge in [-0.1, -0.05) is 23.7 Å². The number of nitrogens with zero attached hydrogens (tertiary/aromatic N) is 1. The molecule has 3 rings (SSSR count). The van der Waals surface area contributed by atoms with Crippen molar-refractivity contribution in [2.45, 2.75) is 31.5 Å². The Morgan fingerprint density at radius 2 is 2.10 bits per heavy atom. The summed E-state index contributed by atoms with van der Waals surface area (Å²) >= 11 is 6.01. The number of likely N-dealkylation sites (tertiary alicyclic amines) is 1. The molecule has 2 fully saturated rings. The molecule has 5 heteroatoms. The van der Waals surface area contributed by atoms with Crippen molar-refractivity contribution in [2.75, 3.05) is 13.1 Å². The van der Waals surface area contributed by atoms with Crippen LogP contribution < -0.4 is 4.74 Å². The van der Waals surface area contributed by atoms with Gasteiger partial charge >= 0.3 is 0 Å². The molecule has 0 aromatic heterocycles. The lowest BCUT2D eigenvalue weighted by Crippen LogP contribution is -2.66. The molecule has 1 atom stereocenters. The highest BCUT2D eigenvalue weighted by Gasteiger charge is 2.53. The smallest absolute Gasteiger partial charge is 0.263 e. The molecule has 1 saturated heterocycles. The SMILES string of the molecule is CC(Oc1ccccc1Cl)C(=O)N1CC(O)(C2CC2)C1. The molecule has 1 aromatic carbocycles. The van der Waals surface area contributed by atoms with Gasteiger partial charge in [0, 0.05) is 0 Å². The van der Waals surface area contributed by atoms with E-state index in [-0.39, 0.29) is 5.91 Å². The highest BCUT2D eigenvalue weighted by Crippen LogP contribution is 2.44. The van der Waals surface area contributed by atoms with Crippen molar-refractivity contribution in [1.82, 2.24) is 4.90 Å². The molecule has 1 aromatic rings. The second-order valence-electron chi connectivity index (χ2n) is 5.76. The van der Waals surface area contributed by atoms with Crippen molar-refractivity contribution < 1.29 is 14.6 Å². The van der Waals surface area contributed by atoms with Crippen LogP contribution in [0.5, 0.6) is 5.75 Å². The van der Waals surface area contributed by atoms with E-state index < -0.39 is 11.7 Å². The number of hydrogen-bond donors (Lipinski definition) is 1. The fraction of sp³-hybridized carbons (Fsp3) is 0.533. The predicted molar refractivity (Wildman–Crippen MR) is 75.8 cm³/mol. The number of β-amino-alcohol motifs (C(OH)–C–C–N with tert-alkyl or cyclic N) is 1. The molecule has 1 aliphatic heterocycles. The van der Waals surface area contributed by atoms with E-state index in [1.165, 1.54) is 0 Å². The Labute approximate surface area is 123 Å². The molecule has 0 radical (unpaired) electrons. The Bertz CT molecular complexity index is 524. The van der Waals surface area contributed by atoms with Crippen molar-refractivity contribution in [3.05, 3.63) is 29.3 Å². The number of amides is 1. The van der Waals surface area contributed by atoms with Crippen molar-refractivity contribution in [3.8, 4) is 5.75 Å². The molecule has 1 heterocycles. The maximum atomic E-state index is 12.2. The van der Waals surface area contributed by atoms with Crippen LogP contribution in [0.2, 0.25) is 5.02 Å². The lowest BCUT2D eigenvalue weighted by Gasteiger charge is -2.47. The molecule has 1 unspecified atom stereocenters. The molecule has 4 nitrogen and oxygen atoms in total.